The van der Waals surface area contributed by atoms with Gasteiger partial charge in [0.2, 0.25) is 0 Å². The number of carbonyl (C=O) groups excluding carboxylic acids is 2. The van der Waals surface area contributed by atoms with Gasteiger partial charge in [-0.2, -0.15) is 0 Å². The average Bonchev–Trinajstić information content (AvgIpc) is 2.63. The summed E-state index contributed by atoms with van der Waals surface area (Å²) >= 11 is 1.40. The van der Waals surface area contributed by atoms with Crippen molar-refractivity contribution in [3.8, 4) is 0 Å². The van der Waals surface area contributed by atoms with Gasteiger partial charge in [0.05, 0.1) is 5.01 Å². The zero-order valence-electron chi connectivity index (χ0n) is 10.1. The molecule has 6 heteroatoms. The summed E-state index contributed by atoms with van der Waals surface area (Å²) in [6, 6.07) is 0. The van der Waals surface area contributed by atoms with Crippen LogP contribution in [0.4, 0.5) is 4.79 Å². The lowest BCUT2D eigenvalue weighted by molar-refractivity contribution is 0.0528. The zero-order valence-corrected chi connectivity index (χ0v) is 11.0. The van der Waals surface area contributed by atoms with E-state index in [0.717, 1.165) is 5.01 Å². The van der Waals surface area contributed by atoms with Crippen LogP contribution in [0.2, 0.25) is 0 Å². The van der Waals surface area contributed by atoms with E-state index in [9.17, 15) is 9.59 Å². The molecule has 17 heavy (non-hydrogen) atoms. The Bertz CT molecular complexity index is 396. The van der Waals surface area contributed by atoms with Gasteiger partial charge < -0.3 is 10.1 Å². The highest BCUT2D eigenvalue weighted by Crippen LogP contribution is 2.09. The van der Waals surface area contributed by atoms with Crippen LogP contribution in [0.1, 0.15) is 36.3 Å². The second-order valence-corrected chi connectivity index (χ2v) is 5.41. The molecule has 5 nitrogen and oxygen atoms in total. The Morgan fingerprint density at radius 2 is 2.29 bits per heavy atom. The van der Waals surface area contributed by atoms with Crippen molar-refractivity contribution in [3.63, 3.8) is 0 Å². The van der Waals surface area contributed by atoms with Crippen LogP contribution in [0.15, 0.2) is 5.38 Å². The number of aldehydes is 1. The monoisotopic (exact) mass is 256 g/mol. The number of amides is 1. The lowest BCUT2D eigenvalue weighted by Crippen LogP contribution is -2.33. The molecular weight excluding hydrogens is 240 g/mol. The highest BCUT2D eigenvalue weighted by atomic mass is 32.1. The molecule has 1 N–H and O–H groups in total. The number of carbonyl (C=O) groups is 2. The topological polar surface area (TPSA) is 68.3 Å². The maximum Gasteiger partial charge on any atom is 0.407 e. The normalized spacial score (nSPS) is 11.0. The molecule has 1 rings (SSSR count). The minimum atomic E-state index is -0.490. The number of rotatable bonds is 4. The van der Waals surface area contributed by atoms with Gasteiger partial charge in [0.15, 0.2) is 6.29 Å². The second kappa shape index (κ2) is 5.77. The number of hydrogen-bond acceptors (Lipinski definition) is 5. The fourth-order valence-corrected chi connectivity index (χ4v) is 1.82. The van der Waals surface area contributed by atoms with Crippen LogP contribution < -0.4 is 5.32 Å². The molecule has 0 unspecified atom stereocenters. The third-order valence-electron chi connectivity index (χ3n) is 1.70. The van der Waals surface area contributed by atoms with E-state index in [1.54, 1.807) is 5.38 Å². The lowest BCUT2D eigenvalue weighted by Gasteiger charge is -2.19. The van der Waals surface area contributed by atoms with Gasteiger partial charge in [-0.1, -0.05) is 0 Å². The summed E-state index contributed by atoms with van der Waals surface area (Å²) in [7, 11) is 0. The van der Waals surface area contributed by atoms with Gasteiger partial charge in [-0.15, -0.1) is 11.3 Å². The number of thiazole rings is 1. The molecule has 0 aliphatic heterocycles. The van der Waals surface area contributed by atoms with E-state index < -0.39 is 11.7 Å². The number of nitrogens with one attached hydrogen (secondary N) is 1. The van der Waals surface area contributed by atoms with Gasteiger partial charge in [0.1, 0.15) is 11.3 Å². The Kier molecular flexibility index (Phi) is 4.62. The molecule has 0 aliphatic carbocycles. The third-order valence-corrected chi connectivity index (χ3v) is 2.62. The molecule has 0 radical (unpaired) electrons. The Balaban J connectivity index is 2.28. The van der Waals surface area contributed by atoms with Crippen LogP contribution >= 0.6 is 11.3 Å². The summed E-state index contributed by atoms with van der Waals surface area (Å²) in [5.41, 5.74) is -0.0575. The number of hydrogen-bond donors (Lipinski definition) is 1. The number of aromatic nitrogens is 1. The first kappa shape index (κ1) is 13.6. The van der Waals surface area contributed by atoms with Crippen LogP contribution in [0.3, 0.4) is 0 Å². The fourth-order valence-electron chi connectivity index (χ4n) is 1.08. The van der Waals surface area contributed by atoms with Crippen molar-refractivity contribution in [2.75, 3.05) is 6.54 Å². The van der Waals surface area contributed by atoms with Gasteiger partial charge in [-0.25, -0.2) is 9.78 Å². The Labute approximate surface area is 104 Å². The van der Waals surface area contributed by atoms with Gasteiger partial charge in [0.25, 0.3) is 0 Å². The van der Waals surface area contributed by atoms with Crippen LogP contribution in [-0.2, 0) is 11.2 Å². The first-order valence-corrected chi connectivity index (χ1v) is 6.15. The van der Waals surface area contributed by atoms with Gasteiger partial charge in [0, 0.05) is 18.3 Å². The van der Waals surface area contributed by atoms with Crippen molar-refractivity contribution in [2.45, 2.75) is 32.8 Å². The first-order valence-electron chi connectivity index (χ1n) is 5.27. The SMILES string of the molecule is CC(C)(C)OC(=O)NCCc1nc(C=O)cs1. The van der Waals surface area contributed by atoms with E-state index in [2.05, 4.69) is 10.3 Å². The van der Waals surface area contributed by atoms with Gasteiger partial charge in [-0.3, -0.25) is 4.79 Å². The van der Waals surface area contributed by atoms with Crippen LogP contribution in [0.25, 0.3) is 0 Å². The van der Waals surface area contributed by atoms with Crippen molar-refractivity contribution in [2.24, 2.45) is 0 Å². The molecule has 0 saturated heterocycles. The Morgan fingerprint density at radius 1 is 1.59 bits per heavy atom. The lowest BCUT2D eigenvalue weighted by atomic mass is 10.2. The molecule has 0 atom stereocenters. The van der Waals surface area contributed by atoms with Crippen molar-refractivity contribution < 1.29 is 14.3 Å². The molecule has 94 valence electrons. The maximum absolute atomic E-state index is 11.3. The van der Waals surface area contributed by atoms with E-state index in [4.69, 9.17) is 4.74 Å². The molecule has 0 spiro atoms. The van der Waals surface area contributed by atoms with Gasteiger partial charge in [-0.05, 0) is 20.8 Å². The molecule has 1 aromatic heterocycles. The molecule has 0 aliphatic rings. The van der Waals surface area contributed by atoms with E-state index in [0.29, 0.717) is 24.9 Å². The van der Waals surface area contributed by atoms with E-state index in [1.165, 1.54) is 11.3 Å². The molecule has 0 saturated carbocycles. The molecule has 1 amide bonds. The highest BCUT2D eigenvalue weighted by Gasteiger charge is 2.15. The predicted molar refractivity (Wildman–Crippen MR) is 65.4 cm³/mol. The van der Waals surface area contributed by atoms with Gasteiger partial charge >= 0.3 is 6.09 Å². The standard InChI is InChI=1S/C11H16N2O3S/c1-11(2,3)16-10(15)12-5-4-9-13-8(6-14)7-17-9/h6-7H,4-5H2,1-3H3,(H,12,15). The summed E-state index contributed by atoms with van der Waals surface area (Å²) in [5, 5.41) is 5.14. The van der Waals surface area contributed by atoms with Crippen LogP contribution in [0, 0.1) is 0 Å². The molecule has 1 aromatic rings. The maximum atomic E-state index is 11.3. The molecule has 1 heterocycles. The summed E-state index contributed by atoms with van der Waals surface area (Å²) in [6.45, 7) is 5.87. The molecular formula is C11H16N2O3S. The van der Waals surface area contributed by atoms with E-state index in [-0.39, 0.29) is 0 Å². The van der Waals surface area contributed by atoms with E-state index >= 15 is 0 Å². The highest BCUT2D eigenvalue weighted by molar-refractivity contribution is 7.09. The Morgan fingerprint density at radius 3 is 2.82 bits per heavy atom. The smallest absolute Gasteiger partial charge is 0.407 e. The van der Waals surface area contributed by atoms with Crippen molar-refractivity contribution in [3.05, 3.63) is 16.1 Å². The van der Waals surface area contributed by atoms with Crippen molar-refractivity contribution in [1.29, 1.82) is 0 Å². The summed E-state index contributed by atoms with van der Waals surface area (Å²) < 4.78 is 5.08. The largest absolute Gasteiger partial charge is 0.444 e. The zero-order chi connectivity index (χ0) is 12.9. The average molecular weight is 256 g/mol. The third kappa shape index (κ3) is 5.44. The molecule has 0 fully saturated rings. The number of ether oxygens (including phenoxy) is 1. The summed E-state index contributed by atoms with van der Waals surface area (Å²) in [4.78, 5) is 25.8. The Hall–Kier alpha value is -1.43. The number of alkyl carbamates (subject to hydrolysis) is 1. The number of nitrogens with zero attached hydrogens (tertiary/aromatic N) is 1. The second-order valence-electron chi connectivity index (χ2n) is 4.46. The van der Waals surface area contributed by atoms with Crippen molar-refractivity contribution in [1.82, 2.24) is 10.3 Å². The van der Waals surface area contributed by atoms with Crippen molar-refractivity contribution >= 4 is 23.7 Å². The molecule has 0 bridgehead atoms. The molecule has 0 aromatic carbocycles. The first-order chi connectivity index (χ1) is 7.90. The van der Waals surface area contributed by atoms with E-state index in [1.807, 2.05) is 20.8 Å². The minimum Gasteiger partial charge on any atom is -0.444 e. The predicted octanol–water partition coefficient (Wildman–Crippen LogP) is 2.02. The summed E-state index contributed by atoms with van der Waals surface area (Å²) in [6.07, 6.45) is 0.864. The minimum absolute atomic E-state index is 0.433. The fraction of sp³-hybridized carbons (Fsp3) is 0.545. The van der Waals surface area contributed by atoms with Crippen LogP contribution in [0.5, 0.6) is 0 Å². The summed E-state index contributed by atoms with van der Waals surface area (Å²) in [5.74, 6) is 0. The quantitative estimate of drug-likeness (QED) is 0.837. The van der Waals surface area contributed by atoms with Crippen LogP contribution in [-0.4, -0.2) is 29.5 Å².